The minimum Gasteiger partial charge on any atom is -0.503 e. The molecule has 154 valence electrons. The van der Waals surface area contributed by atoms with Gasteiger partial charge in [-0.15, -0.1) is 0 Å². The molecule has 0 aliphatic carbocycles. The van der Waals surface area contributed by atoms with Crippen molar-refractivity contribution in [2.45, 2.75) is 39.7 Å². The smallest absolute Gasteiger partial charge is 0.341 e. The summed E-state index contributed by atoms with van der Waals surface area (Å²) < 4.78 is 9.89. The molecule has 0 fully saturated rings. The van der Waals surface area contributed by atoms with E-state index in [2.05, 4.69) is 30.9 Å². The van der Waals surface area contributed by atoms with Gasteiger partial charge in [0.05, 0.1) is 26.2 Å². The van der Waals surface area contributed by atoms with Crippen LogP contribution in [-0.4, -0.2) is 30.9 Å². The van der Waals surface area contributed by atoms with Crippen molar-refractivity contribution < 1.29 is 19.1 Å². The standard InChI is InChI=1S/C23H28N2O4/c1-16(21-13-18(11-12-24-21)23(2,3)4)25-29-14-17-9-7-8-10-19(17)20(15-27-5)22(26)28-6/h7-13,15H,14H2,1-6H3/b20-15+,25-16+. The topological polar surface area (TPSA) is 70.0 Å². The highest BCUT2D eigenvalue weighted by molar-refractivity contribution is 6.16. The Bertz CT molecular complexity index is 911. The molecule has 0 amide bonds. The lowest BCUT2D eigenvalue weighted by Gasteiger charge is -2.19. The summed E-state index contributed by atoms with van der Waals surface area (Å²) in [5.74, 6) is -0.484. The predicted molar refractivity (Wildman–Crippen MR) is 113 cm³/mol. The first kappa shape index (κ1) is 22.1. The summed E-state index contributed by atoms with van der Waals surface area (Å²) in [5.41, 5.74) is 4.41. The molecule has 0 bridgehead atoms. The van der Waals surface area contributed by atoms with Gasteiger partial charge in [-0.25, -0.2) is 4.79 Å². The van der Waals surface area contributed by atoms with Gasteiger partial charge in [-0.3, -0.25) is 4.98 Å². The molecule has 0 radical (unpaired) electrons. The number of carbonyl (C=O) groups excluding carboxylic acids is 1. The summed E-state index contributed by atoms with van der Waals surface area (Å²) >= 11 is 0. The van der Waals surface area contributed by atoms with Crippen LogP contribution in [0.2, 0.25) is 0 Å². The van der Waals surface area contributed by atoms with Gasteiger partial charge in [0.25, 0.3) is 0 Å². The number of hydrogen-bond acceptors (Lipinski definition) is 6. The maximum atomic E-state index is 12.1. The van der Waals surface area contributed by atoms with Gasteiger partial charge >= 0.3 is 5.97 Å². The second kappa shape index (κ2) is 9.87. The number of hydrogen-bond donors (Lipinski definition) is 0. The Morgan fingerprint density at radius 1 is 1.17 bits per heavy atom. The van der Waals surface area contributed by atoms with Crippen LogP contribution in [0, 0.1) is 0 Å². The van der Waals surface area contributed by atoms with Gasteiger partial charge in [0.15, 0.2) is 0 Å². The lowest BCUT2D eigenvalue weighted by Crippen LogP contribution is -2.13. The van der Waals surface area contributed by atoms with E-state index < -0.39 is 5.97 Å². The van der Waals surface area contributed by atoms with Gasteiger partial charge < -0.3 is 14.3 Å². The lowest BCUT2D eigenvalue weighted by atomic mass is 9.87. The van der Waals surface area contributed by atoms with Crippen molar-refractivity contribution in [1.29, 1.82) is 0 Å². The first-order valence-corrected chi connectivity index (χ1v) is 9.31. The van der Waals surface area contributed by atoms with Crippen molar-refractivity contribution in [3.8, 4) is 0 Å². The van der Waals surface area contributed by atoms with Gasteiger partial charge in [-0.1, -0.05) is 50.2 Å². The number of oxime groups is 1. The van der Waals surface area contributed by atoms with E-state index in [0.29, 0.717) is 16.8 Å². The molecule has 0 spiro atoms. The molecular weight excluding hydrogens is 368 g/mol. The van der Waals surface area contributed by atoms with Crippen LogP contribution in [0.25, 0.3) is 5.57 Å². The van der Waals surface area contributed by atoms with Crippen LogP contribution in [0.4, 0.5) is 0 Å². The number of esters is 1. The Labute approximate surface area is 172 Å². The van der Waals surface area contributed by atoms with Crippen molar-refractivity contribution in [2.75, 3.05) is 14.2 Å². The molecule has 6 heteroatoms. The molecule has 6 nitrogen and oxygen atoms in total. The molecule has 0 unspecified atom stereocenters. The van der Waals surface area contributed by atoms with Gasteiger partial charge in [0.2, 0.25) is 0 Å². The van der Waals surface area contributed by atoms with E-state index >= 15 is 0 Å². The maximum absolute atomic E-state index is 12.1. The molecular formula is C23H28N2O4. The maximum Gasteiger partial charge on any atom is 0.341 e. The van der Waals surface area contributed by atoms with E-state index in [-0.39, 0.29) is 12.0 Å². The fraction of sp³-hybridized carbons (Fsp3) is 0.348. The van der Waals surface area contributed by atoms with E-state index in [1.54, 1.807) is 6.20 Å². The van der Waals surface area contributed by atoms with Crippen molar-refractivity contribution in [3.63, 3.8) is 0 Å². The largest absolute Gasteiger partial charge is 0.503 e. The van der Waals surface area contributed by atoms with Crippen LogP contribution < -0.4 is 0 Å². The Balaban J connectivity index is 2.21. The Morgan fingerprint density at radius 2 is 1.90 bits per heavy atom. The third-order valence-electron chi connectivity index (χ3n) is 4.37. The van der Waals surface area contributed by atoms with Crippen LogP contribution in [-0.2, 0) is 31.1 Å². The van der Waals surface area contributed by atoms with E-state index in [1.807, 2.05) is 43.3 Å². The number of ether oxygens (including phenoxy) is 2. The predicted octanol–water partition coefficient (Wildman–Crippen LogP) is 4.48. The Morgan fingerprint density at radius 3 is 2.55 bits per heavy atom. The van der Waals surface area contributed by atoms with E-state index in [0.717, 1.165) is 11.3 Å². The van der Waals surface area contributed by atoms with Crippen molar-refractivity contribution >= 4 is 17.3 Å². The number of nitrogens with zero attached hydrogens (tertiary/aromatic N) is 2. The molecule has 0 aliphatic heterocycles. The zero-order valence-corrected chi connectivity index (χ0v) is 17.9. The molecule has 0 aliphatic rings. The van der Waals surface area contributed by atoms with Gasteiger partial charge in [-0.2, -0.15) is 0 Å². The molecule has 1 heterocycles. The van der Waals surface area contributed by atoms with E-state index in [9.17, 15) is 4.79 Å². The van der Waals surface area contributed by atoms with Crippen LogP contribution in [0.15, 0.2) is 54.0 Å². The number of benzene rings is 1. The third kappa shape index (κ3) is 5.91. The summed E-state index contributed by atoms with van der Waals surface area (Å²) in [6, 6.07) is 11.4. The first-order chi connectivity index (χ1) is 13.8. The molecule has 2 aromatic rings. The highest BCUT2D eigenvalue weighted by Crippen LogP contribution is 2.23. The monoisotopic (exact) mass is 396 g/mol. The molecule has 2 rings (SSSR count). The minimum absolute atomic E-state index is 0.0235. The van der Waals surface area contributed by atoms with Crippen LogP contribution in [0.1, 0.15) is 50.1 Å². The van der Waals surface area contributed by atoms with Crippen molar-refractivity contribution in [2.24, 2.45) is 5.16 Å². The average Bonchev–Trinajstić information content (AvgIpc) is 2.71. The highest BCUT2D eigenvalue weighted by atomic mass is 16.6. The third-order valence-corrected chi connectivity index (χ3v) is 4.37. The molecule has 0 saturated carbocycles. The summed E-state index contributed by atoms with van der Waals surface area (Å²) in [6.07, 6.45) is 3.14. The normalized spacial score (nSPS) is 12.5. The van der Waals surface area contributed by atoms with Crippen LogP contribution >= 0.6 is 0 Å². The highest BCUT2D eigenvalue weighted by Gasteiger charge is 2.17. The number of pyridine rings is 1. The fourth-order valence-electron chi connectivity index (χ4n) is 2.70. The number of aromatic nitrogens is 1. The molecule has 1 aromatic carbocycles. The fourth-order valence-corrected chi connectivity index (χ4v) is 2.70. The summed E-state index contributed by atoms with van der Waals surface area (Å²) in [4.78, 5) is 22.0. The molecule has 29 heavy (non-hydrogen) atoms. The molecule has 0 atom stereocenters. The molecule has 0 saturated heterocycles. The van der Waals surface area contributed by atoms with Crippen molar-refractivity contribution in [1.82, 2.24) is 4.98 Å². The summed E-state index contributed by atoms with van der Waals surface area (Å²) in [5, 5.41) is 4.21. The second-order valence-corrected chi connectivity index (χ2v) is 7.55. The number of carbonyl (C=O) groups is 1. The quantitative estimate of drug-likeness (QED) is 0.227. The molecule has 0 N–H and O–H groups in total. The van der Waals surface area contributed by atoms with Gasteiger partial charge in [0, 0.05) is 11.8 Å². The zero-order valence-electron chi connectivity index (χ0n) is 17.9. The van der Waals surface area contributed by atoms with Gasteiger partial charge in [-0.05, 0) is 35.6 Å². The SMILES string of the molecule is CO/C=C(/C(=O)OC)c1ccccc1CO/N=C(\C)c1cc(C(C)(C)C)ccn1. The van der Waals surface area contributed by atoms with E-state index in [4.69, 9.17) is 14.3 Å². The summed E-state index contributed by atoms with van der Waals surface area (Å²) in [7, 11) is 2.81. The molecule has 1 aromatic heterocycles. The Hall–Kier alpha value is -3.15. The first-order valence-electron chi connectivity index (χ1n) is 9.31. The minimum atomic E-state index is -0.484. The van der Waals surface area contributed by atoms with Crippen LogP contribution in [0.3, 0.4) is 0 Å². The van der Waals surface area contributed by atoms with Crippen LogP contribution in [0.5, 0.6) is 0 Å². The zero-order chi connectivity index (χ0) is 21.4. The lowest BCUT2D eigenvalue weighted by molar-refractivity contribution is -0.133. The number of methoxy groups -OCH3 is 2. The van der Waals surface area contributed by atoms with Gasteiger partial charge in [0.1, 0.15) is 17.9 Å². The summed E-state index contributed by atoms with van der Waals surface area (Å²) in [6.45, 7) is 8.49. The Kier molecular flexibility index (Phi) is 7.53. The van der Waals surface area contributed by atoms with E-state index in [1.165, 1.54) is 26.0 Å². The second-order valence-electron chi connectivity index (χ2n) is 7.55. The van der Waals surface area contributed by atoms with Crippen molar-refractivity contribution in [3.05, 3.63) is 71.2 Å². The number of rotatable bonds is 7. The average molecular weight is 396 g/mol.